The Labute approximate surface area is 212 Å². The van der Waals surface area contributed by atoms with Gasteiger partial charge in [-0.2, -0.15) is 0 Å². The first kappa shape index (κ1) is 24.5. The minimum absolute atomic E-state index is 0.0376. The van der Waals surface area contributed by atoms with Crippen molar-refractivity contribution in [1.29, 1.82) is 0 Å². The fourth-order valence-electron chi connectivity index (χ4n) is 3.98. The molecule has 0 aliphatic carbocycles. The van der Waals surface area contributed by atoms with Crippen molar-refractivity contribution in [1.82, 2.24) is 14.9 Å². The Kier molecular flexibility index (Phi) is 7.78. The molecule has 0 atom stereocenters. The smallest absolute Gasteiger partial charge is 0.260 e. The van der Waals surface area contributed by atoms with Crippen LogP contribution < -0.4 is 15.8 Å². The lowest BCUT2D eigenvalue weighted by Crippen LogP contribution is -2.46. The Balaban J connectivity index is 1.69. The molecule has 10 heteroatoms. The van der Waals surface area contributed by atoms with Crippen LogP contribution in [-0.4, -0.2) is 48.3 Å². The molecule has 1 aliphatic rings. The number of rotatable bonds is 6. The van der Waals surface area contributed by atoms with Gasteiger partial charge >= 0.3 is 0 Å². The number of hydrogen-bond acceptors (Lipinski definition) is 5. The molecule has 0 saturated carbocycles. The number of piperidine rings is 1. The SMILES string of the molecule is COCC(=O)NC1CCN(c2cc(=O)n(-c3ccc(Cl)cc3)c(-c3ccc(Cl)cc3Cl)n2)CC1. The average molecular weight is 522 g/mol. The van der Waals surface area contributed by atoms with E-state index in [0.717, 1.165) is 12.8 Å². The molecule has 1 N–H and O–H groups in total. The molecule has 0 spiro atoms. The Morgan fingerprint density at radius 3 is 2.38 bits per heavy atom. The summed E-state index contributed by atoms with van der Waals surface area (Å²) < 4.78 is 6.39. The highest BCUT2D eigenvalue weighted by atomic mass is 35.5. The van der Waals surface area contributed by atoms with Crippen molar-refractivity contribution in [2.24, 2.45) is 0 Å². The minimum Gasteiger partial charge on any atom is -0.375 e. The number of aromatic nitrogens is 2. The summed E-state index contributed by atoms with van der Waals surface area (Å²) in [5.41, 5.74) is 0.958. The van der Waals surface area contributed by atoms with Gasteiger partial charge in [0.1, 0.15) is 12.4 Å². The second kappa shape index (κ2) is 10.8. The third-order valence-electron chi connectivity index (χ3n) is 5.62. The first-order valence-electron chi connectivity index (χ1n) is 10.7. The highest BCUT2D eigenvalue weighted by Crippen LogP contribution is 2.31. The molecule has 1 amide bonds. The lowest BCUT2D eigenvalue weighted by Gasteiger charge is -2.33. The molecule has 1 aromatic heterocycles. The van der Waals surface area contributed by atoms with Crippen LogP contribution in [0.15, 0.2) is 53.3 Å². The maximum Gasteiger partial charge on any atom is 0.260 e. The van der Waals surface area contributed by atoms with E-state index in [1.165, 1.54) is 17.7 Å². The molecule has 1 saturated heterocycles. The van der Waals surface area contributed by atoms with Gasteiger partial charge in [0.15, 0.2) is 5.82 Å². The molecule has 4 rings (SSSR count). The molecule has 7 nitrogen and oxygen atoms in total. The van der Waals surface area contributed by atoms with E-state index in [1.54, 1.807) is 42.5 Å². The first-order valence-corrected chi connectivity index (χ1v) is 11.9. The van der Waals surface area contributed by atoms with Crippen molar-refractivity contribution < 1.29 is 9.53 Å². The molecule has 2 heterocycles. The molecule has 3 aromatic rings. The monoisotopic (exact) mass is 520 g/mol. The molecular weight excluding hydrogens is 499 g/mol. The van der Waals surface area contributed by atoms with Crippen molar-refractivity contribution in [2.75, 3.05) is 31.7 Å². The number of methoxy groups -OCH3 is 1. The Morgan fingerprint density at radius 2 is 1.74 bits per heavy atom. The predicted molar refractivity (Wildman–Crippen MR) is 136 cm³/mol. The lowest BCUT2D eigenvalue weighted by molar-refractivity contribution is -0.125. The van der Waals surface area contributed by atoms with Gasteiger partial charge in [-0.1, -0.05) is 34.8 Å². The van der Waals surface area contributed by atoms with E-state index in [0.29, 0.717) is 51.1 Å². The number of carbonyl (C=O) groups is 1. The largest absolute Gasteiger partial charge is 0.375 e. The van der Waals surface area contributed by atoms with Crippen LogP contribution in [-0.2, 0) is 9.53 Å². The van der Waals surface area contributed by atoms with Crippen LogP contribution in [0, 0.1) is 0 Å². The number of carbonyl (C=O) groups excluding carboxylic acids is 1. The van der Waals surface area contributed by atoms with Gasteiger partial charge in [-0.15, -0.1) is 0 Å². The van der Waals surface area contributed by atoms with Gasteiger partial charge < -0.3 is 15.0 Å². The fraction of sp³-hybridized carbons (Fsp3) is 0.292. The van der Waals surface area contributed by atoms with Crippen molar-refractivity contribution in [3.8, 4) is 17.1 Å². The zero-order valence-electron chi connectivity index (χ0n) is 18.4. The fourth-order valence-corrected chi connectivity index (χ4v) is 4.60. The van der Waals surface area contributed by atoms with Crippen molar-refractivity contribution >= 4 is 46.5 Å². The van der Waals surface area contributed by atoms with E-state index in [-0.39, 0.29) is 24.1 Å². The van der Waals surface area contributed by atoms with E-state index < -0.39 is 0 Å². The second-order valence-electron chi connectivity index (χ2n) is 7.97. The van der Waals surface area contributed by atoms with Crippen molar-refractivity contribution in [2.45, 2.75) is 18.9 Å². The van der Waals surface area contributed by atoms with Crippen LogP contribution in [0.2, 0.25) is 15.1 Å². The average Bonchev–Trinajstić information content (AvgIpc) is 2.80. The van der Waals surface area contributed by atoms with Gasteiger partial charge in [-0.25, -0.2) is 4.98 Å². The number of amides is 1. The topological polar surface area (TPSA) is 76.5 Å². The quantitative estimate of drug-likeness (QED) is 0.513. The Bertz CT molecular complexity index is 1240. The number of ether oxygens (including phenoxy) is 1. The molecular formula is C24H23Cl3N4O3. The van der Waals surface area contributed by atoms with E-state index in [2.05, 4.69) is 5.32 Å². The summed E-state index contributed by atoms with van der Waals surface area (Å²) in [6.07, 6.45) is 1.46. The van der Waals surface area contributed by atoms with Gasteiger partial charge in [0.2, 0.25) is 5.91 Å². The van der Waals surface area contributed by atoms with Gasteiger partial charge in [-0.05, 0) is 55.3 Å². The zero-order valence-corrected chi connectivity index (χ0v) is 20.7. The number of halogens is 3. The molecule has 0 bridgehead atoms. The van der Waals surface area contributed by atoms with Gasteiger partial charge in [0.05, 0.1) is 10.7 Å². The zero-order chi connectivity index (χ0) is 24.2. The number of anilines is 1. The van der Waals surface area contributed by atoms with Gasteiger partial charge in [-0.3, -0.25) is 14.2 Å². The van der Waals surface area contributed by atoms with Crippen LogP contribution in [0.25, 0.3) is 17.1 Å². The van der Waals surface area contributed by atoms with Crippen LogP contribution >= 0.6 is 34.8 Å². The molecule has 1 aliphatic heterocycles. The summed E-state index contributed by atoms with van der Waals surface area (Å²) in [5.74, 6) is 0.823. The van der Waals surface area contributed by atoms with Crippen molar-refractivity contribution in [3.05, 3.63) is 74.0 Å². The predicted octanol–water partition coefficient (Wildman–Crippen LogP) is 4.59. The number of benzene rings is 2. The number of nitrogens with one attached hydrogen (secondary N) is 1. The Hall–Kier alpha value is -2.58. The Morgan fingerprint density at radius 1 is 1.06 bits per heavy atom. The third-order valence-corrected chi connectivity index (χ3v) is 6.42. The van der Waals surface area contributed by atoms with E-state index >= 15 is 0 Å². The number of nitrogens with zero attached hydrogens (tertiary/aromatic N) is 3. The second-order valence-corrected chi connectivity index (χ2v) is 9.25. The lowest BCUT2D eigenvalue weighted by atomic mass is 10.0. The maximum absolute atomic E-state index is 13.3. The minimum atomic E-state index is -0.246. The van der Waals surface area contributed by atoms with Gasteiger partial charge in [0.25, 0.3) is 5.56 Å². The molecule has 0 unspecified atom stereocenters. The highest BCUT2D eigenvalue weighted by molar-refractivity contribution is 6.36. The standard InChI is InChI=1S/C24H23Cl3N4O3/c1-34-14-22(32)28-17-8-10-30(11-9-17)21-13-23(33)31(18-5-2-15(25)3-6-18)24(29-21)19-7-4-16(26)12-20(19)27/h2-7,12-13,17H,8-11,14H2,1H3,(H,28,32). The summed E-state index contributed by atoms with van der Waals surface area (Å²) in [6.45, 7) is 1.32. The van der Waals surface area contributed by atoms with Crippen molar-refractivity contribution in [3.63, 3.8) is 0 Å². The molecule has 1 fully saturated rings. The first-order chi connectivity index (χ1) is 16.4. The number of hydrogen-bond donors (Lipinski definition) is 1. The van der Waals surface area contributed by atoms with E-state index in [4.69, 9.17) is 44.5 Å². The normalized spacial score (nSPS) is 14.3. The summed E-state index contributed by atoms with van der Waals surface area (Å²) >= 11 is 18.7. The van der Waals surface area contributed by atoms with Crippen LogP contribution in [0.4, 0.5) is 5.82 Å². The molecule has 2 aromatic carbocycles. The third kappa shape index (κ3) is 5.55. The molecule has 178 valence electrons. The summed E-state index contributed by atoms with van der Waals surface area (Å²) in [4.78, 5) is 32.1. The van der Waals surface area contributed by atoms with E-state index in [1.807, 2.05) is 4.90 Å². The molecule has 34 heavy (non-hydrogen) atoms. The van der Waals surface area contributed by atoms with Crippen LogP contribution in [0.3, 0.4) is 0 Å². The van der Waals surface area contributed by atoms with Crippen LogP contribution in [0.5, 0.6) is 0 Å². The van der Waals surface area contributed by atoms with E-state index in [9.17, 15) is 9.59 Å². The van der Waals surface area contributed by atoms with Gasteiger partial charge in [0, 0.05) is 47.9 Å². The summed E-state index contributed by atoms with van der Waals surface area (Å²) in [6, 6.07) is 13.6. The summed E-state index contributed by atoms with van der Waals surface area (Å²) in [5, 5.41) is 4.41. The van der Waals surface area contributed by atoms with Crippen LogP contribution in [0.1, 0.15) is 12.8 Å². The molecule has 0 radical (unpaired) electrons. The highest BCUT2D eigenvalue weighted by Gasteiger charge is 2.24. The maximum atomic E-state index is 13.3. The summed E-state index contributed by atoms with van der Waals surface area (Å²) in [7, 11) is 1.49.